The second kappa shape index (κ2) is 7.84. The van der Waals surface area contributed by atoms with E-state index in [1.165, 1.54) is 4.68 Å². The Kier molecular flexibility index (Phi) is 6.78. The van der Waals surface area contributed by atoms with Crippen molar-refractivity contribution in [2.45, 2.75) is 38.5 Å². The van der Waals surface area contributed by atoms with Gasteiger partial charge in [-0.25, -0.2) is 4.68 Å². The average molecular weight is 334 g/mol. The van der Waals surface area contributed by atoms with Crippen molar-refractivity contribution in [3.8, 4) is 0 Å². The van der Waals surface area contributed by atoms with Crippen LogP contribution in [0.3, 0.4) is 0 Å². The van der Waals surface area contributed by atoms with Crippen molar-refractivity contribution in [2.24, 2.45) is 0 Å². The summed E-state index contributed by atoms with van der Waals surface area (Å²) in [5.41, 5.74) is 0.709. The highest BCUT2D eigenvalue weighted by Gasteiger charge is 2.08. The number of aromatic nitrogens is 2. The first-order valence-corrected chi connectivity index (χ1v) is 8.20. The van der Waals surface area contributed by atoms with E-state index in [1.54, 1.807) is 6.20 Å². The predicted octanol–water partition coefficient (Wildman–Crippen LogP) is 2.97. The minimum atomic E-state index is -0.0697. The Morgan fingerprint density at radius 3 is 2.94 bits per heavy atom. The van der Waals surface area contributed by atoms with Gasteiger partial charge in [0.05, 0.1) is 11.9 Å². The minimum absolute atomic E-state index is 0.0697. The van der Waals surface area contributed by atoms with Crippen molar-refractivity contribution >= 4 is 33.4 Å². The molecule has 1 aromatic heterocycles. The third-order valence-corrected chi connectivity index (χ3v) is 4.50. The van der Waals surface area contributed by atoms with Crippen LogP contribution in [0.4, 0.5) is 5.69 Å². The smallest absolute Gasteiger partial charge is 0.283 e. The maximum absolute atomic E-state index is 11.9. The Labute approximate surface area is 121 Å². The van der Waals surface area contributed by atoms with E-state index in [4.69, 9.17) is 0 Å². The van der Waals surface area contributed by atoms with Crippen molar-refractivity contribution < 1.29 is 0 Å². The first-order chi connectivity index (χ1) is 8.60. The summed E-state index contributed by atoms with van der Waals surface area (Å²) >= 11 is 5.19. The first kappa shape index (κ1) is 15.6. The molecular formula is C12H20BrN3OS. The highest BCUT2D eigenvalue weighted by atomic mass is 79.9. The van der Waals surface area contributed by atoms with Crippen molar-refractivity contribution in [3.05, 3.63) is 21.0 Å². The first-order valence-electron chi connectivity index (χ1n) is 6.12. The van der Waals surface area contributed by atoms with Gasteiger partial charge in [0.25, 0.3) is 5.56 Å². The molecule has 0 fully saturated rings. The quantitative estimate of drug-likeness (QED) is 0.833. The zero-order valence-corrected chi connectivity index (χ0v) is 13.5. The molecule has 1 N–H and O–H groups in total. The summed E-state index contributed by atoms with van der Waals surface area (Å²) < 4.78 is 2.06. The van der Waals surface area contributed by atoms with Crippen molar-refractivity contribution in [2.75, 3.05) is 18.1 Å². The predicted molar refractivity (Wildman–Crippen MR) is 82.6 cm³/mol. The molecule has 0 radical (unpaired) electrons. The molecule has 0 aromatic carbocycles. The molecule has 0 aliphatic carbocycles. The second-order valence-corrected chi connectivity index (χ2v) is 6.23. The standard InChI is InChI=1S/C12H20BrN3OS/c1-4-7-16-12(17)11(13)10(8-15-16)14-6-5-9(2)18-3/h8-9,14H,4-7H2,1-3H3. The molecule has 0 saturated carbocycles. The van der Waals surface area contributed by atoms with Gasteiger partial charge >= 0.3 is 0 Å². The van der Waals surface area contributed by atoms with Gasteiger partial charge in [0.1, 0.15) is 4.47 Å². The van der Waals surface area contributed by atoms with E-state index in [1.807, 2.05) is 18.7 Å². The van der Waals surface area contributed by atoms with Gasteiger partial charge in [-0.15, -0.1) is 0 Å². The minimum Gasteiger partial charge on any atom is -0.383 e. The molecule has 18 heavy (non-hydrogen) atoms. The molecule has 0 amide bonds. The number of nitrogens with one attached hydrogen (secondary N) is 1. The average Bonchev–Trinajstić information content (AvgIpc) is 2.37. The lowest BCUT2D eigenvalue weighted by molar-refractivity contribution is 0.566. The molecular weight excluding hydrogens is 314 g/mol. The fourth-order valence-electron chi connectivity index (χ4n) is 1.49. The number of nitrogens with zero attached hydrogens (tertiary/aromatic N) is 2. The molecule has 0 bridgehead atoms. The van der Waals surface area contributed by atoms with Crippen LogP contribution in [0.15, 0.2) is 15.5 Å². The van der Waals surface area contributed by atoms with Crippen molar-refractivity contribution in [3.63, 3.8) is 0 Å². The largest absolute Gasteiger partial charge is 0.383 e. The van der Waals surface area contributed by atoms with E-state index in [9.17, 15) is 4.79 Å². The summed E-state index contributed by atoms with van der Waals surface area (Å²) in [6.07, 6.45) is 5.78. The van der Waals surface area contributed by atoms with Crippen LogP contribution in [0, 0.1) is 0 Å². The molecule has 1 rings (SSSR count). The van der Waals surface area contributed by atoms with Crippen LogP contribution < -0.4 is 10.9 Å². The fraction of sp³-hybridized carbons (Fsp3) is 0.667. The van der Waals surface area contributed by atoms with Gasteiger partial charge in [0.2, 0.25) is 0 Å². The lowest BCUT2D eigenvalue weighted by Gasteiger charge is -2.12. The molecule has 6 heteroatoms. The van der Waals surface area contributed by atoms with Gasteiger partial charge in [-0.1, -0.05) is 13.8 Å². The molecule has 4 nitrogen and oxygen atoms in total. The molecule has 1 unspecified atom stereocenters. The van der Waals surface area contributed by atoms with Gasteiger partial charge in [-0.2, -0.15) is 16.9 Å². The molecule has 0 aliphatic rings. The number of thioether (sulfide) groups is 1. The molecule has 1 heterocycles. The summed E-state index contributed by atoms with van der Waals surface area (Å²) in [6.45, 7) is 5.72. The Hall–Kier alpha value is -0.490. The van der Waals surface area contributed by atoms with Gasteiger partial charge in [0.15, 0.2) is 0 Å². The Bertz CT molecular complexity index is 436. The summed E-state index contributed by atoms with van der Waals surface area (Å²) in [4.78, 5) is 11.9. The van der Waals surface area contributed by atoms with Gasteiger partial charge in [0, 0.05) is 18.3 Å². The Balaban J connectivity index is 2.68. The van der Waals surface area contributed by atoms with Crippen molar-refractivity contribution in [1.82, 2.24) is 9.78 Å². The van der Waals surface area contributed by atoms with Crippen LogP contribution in [0.25, 0.3) is 0 Å². The molecule has 0 saturated heterocycles. The zero-order valence-electron chi connectivity index (χ0n) is 11.1. The topological polar surface area (TPSA) is 46.9 Å². The summed E-state index contributed by atoms with van der Waals surface area (Å²) in [5.74, 6) is 0. The summed E-state index contributed by atoms with van der Waals surface area (Å²) in [5, 5.41) is 8.02. The van der Waals surface area contributed by atoms with Crippen LogP contribution in [0.5, 0.6) is 0 Å². The monoisotopic (exact) mass is 333 g/mol. The van der Waals surface area contributed by atoms with Crippen LogP contribution in [-0.4, -0.2) is 27.8 Å². The number of aryl methyl sites for hydroxylation is 1. The Morgan fingerprint density at radius 1 is 1.61 bits per heavy atom. The number of anilines is 1. The lowest BCUT2D eigenvalue weighted by atomic mass is 10.3. The number of hydrogen-bond donors (Lipinski definition) is 1. The number of halogens is 1. The van der Waals surface area contributed by atoms with E-state index >= 15 is 0 Å². The maximum atomic E-state index is 11.9. The normalized spacial score (nSPS) is 12.4. The zero-order chi connectivity index (χ0) is 13.5. The van der Waals surface area contributed by atoms with Crippen LogP contribution >= 0.6 is 27.7 Å². The maximum Gasteiger partial charge on any atom is 0.283 e. The van der Waals surface area contributed by atoms with Crippen LogP contribution in [-0.2, 0) is 6.54 Å². The van der Waals surface area contributed by atoms with E-state index in [-0.39, 0.29) is 5.56 Å². The van der Waals surface area contributed by atoms with Gasteiger partial charge in [-0.05, 0) is 35.0 Å². The van der Waals surface area contributed by atoms with Crippen molar-refractivity contribution in [1.29, 1.82) is 0 Å². The third kappa shape index (κ3) is 4.31. The molecule has 0 aliphatic heterocycles. The highest BCUT2D eigenvalue weighted by molar-refractivity contribution is 9.10. The molecule has 0 spiro atoms. The van der Waals surface area contributed by atoms with E-state index in [0.29, 0.717) is 16.3 Å². The third-order valence-electron chi connectivity index (χ3n) is 2.69. The van der Waals surface area contributed by atoms with Crippen LogP contribution in [0.1, 0.15) is 26.7 Å². The van der Waals surface area contributed by atoms with Crippen LogP contribution in [0.2, 0.25) is 0 Å². The fourth-order valence-corrected chi connectivity index (χ4v) is 2.29. The van der Waals surface area contributed by atoms with Gasteiger partial charge in [-0.3, -0.25) is 4.79 Å². The lowest BCUT2D eigenvalue weighted by Crippen LogP contribution is -2.24. The van der Waals surface area contributed by atoms with E-state index in [0.717, 1.165) is 25.1 Å². The van der Waals surface area contributed by atoms with Gasteiger partial charge < -0.3 is 5.32 Å². The Morgan fingerprint density at radius 2 is 2.33 bits per heavy atom. The number of hydrogen-bond acceptors (Lipinski definition) is 4. The second-order valence-electron chi connectivity index (χ2n) is 4.16. The molecule has 1 aromatic rings. The number of rotatable bonds is 7. The molecule has 102 valence electrons. The van der Waals surface area contributed by atoms with E-state index in [2.05, 4.69) is 39.5 Å². The van der Waals surface area contributed by atoms with E-state index < -0.39 is 0 Å². The SMILES string of the molecule is CCCn1ncc(NCCC(C)SC)c(Br)c1=O. The molecule has 1 atom stereocenters. The highest BCUT2D eigenvalue weighted by Crippen LogP contribution is 2.17. The summed E-state index contributed by atoms with van der Waals surface area (Å²) in [7, 11) is 0. The summed E-state index contributed by atoms with van der Waals surface area (Å²) in [6, 6.07) is 0.